The van der Waals surface area contributed by atoms with Crippen LogP contribution in [0.5, 0.6) is 0 Å². The van der Waals surface area contributed by atoms with Gasteiger partial charge in [0, 0.05) is 13.1 Å². The van der Waals surface area contributed by atoms with Crippen molar-refractivity contribution in [3.05, 3.63) is 0 Å². The average molecular weight is 213 g/mol. The Morgan fingerprint density at radius 2 is 1.80 bits per heavy atom. The molecule has 0 spiro atoms. The Morgan fingerprint density at radius 3 is 2.27 bits per heavy atom. The van der Waals surface area contributed by atoms with E-state index in [-0.39, 0.29) is 6.10 Å². The molecule has 0 aromatic carbocycles. The zero-order valence-corrected chi connectivity index (χ0v) is 10.6. The molecule has 0 saturated heterocycles. The van der Waals surface area contributed by atoms with Gasteiger partial charge < -0.3 is 10.0 Å². The van der Waals surface area contributed by atoms with Gasteiger partial charge in [0.15, 0.2) is 0 Å². The molecule has 0 amide bonds. The molecular formula is C13H27NO. The van der Waals surface area contributed by atoms with Gasteiger partial charge in [0.2, 0.25) is 0 Å². The molecule has 1 aliphatic carbocycles. The van der Waals surface area contributed by atoms with E-state index in [2.05, 4.69) is 25.7 Å². The summed E-state index contributed by atoms with van der Waals surface area (Å²) in [7, 11) is 0. The zero-order chi connectivity index (χ0) is 11.3. The van der Waals surface area contributed by atoms with Gasteiger partial charge in [0.1, 0.15) is 0 Å². The average Bonchev–Trinajstić information content (AvgIpc) is 2.68. The van der Waals surface area contributed by atoms with Crippen LogP contribution in [0, 0.1) is 11.8 Å². The number of hydrogen-bond donors (Lipinski definition) is 1. The normalized spacial score (nSPS) is 20.4. The van der Waals surface area contributed by atoms with Crippen LogP contribution in [0.4, 0.5) is 0 Å². The minimum atomic E-state index is -0.0915. The first kappa shape index (κ1) is 13.0. The Balaban J connectivity index is 2.29. The van der Waals surface area contributed by atoms with E-state index in [9.17, 15) is 5.11 Å². The Morgan fingerprint density at radius 1 is 1.20 bits per heavy atom. The van der Waals surface area contributed by atoms with Crippen LogP contribution in [0.2, 0.25) is 0 Å². The smallest absolute Gasteiger partial charge is 0.0695 e. The largest absolute Gasteiger partial charge is 0.392 e. The standard InChI is InChI=1S/C13H27NO/c1-4-14(9-11(2)3)10-13(15)12-7-5-6-8-12/h11-13,15H,4-10H2,1-3H3. The van der Waals surface area contributed by atoms with E-state index in [1.54, 1.807) is 0 Å². The molecule has 15 heavy (non-hydrogen) atoms. The lowest BCUT2D eigenvalue weighted by Gasteiger charge is -2.27. The van der Waals surface area contributed by atoms with Gasteiger partial charge in [-0.15, -0.1) is 0 Å². The van der Waals surface area contributed by atoms with Crippen LogP contribution in [0.1, 0.15) is 46.5 Å². The van der Waals surface area contributed by atoms with Crippen LogP contribution in [0.25, 0.3) is 0 Å². The molecule has 0 radical (unpaired) electrons. The monoisotopic (exact) mass is 213 g/mol. The molecule has 0 heterocycles. The highest BCUT2D eigenvalue weighted by molar-refractivity contribution is 4.77. The first-order chi connectivity index (χ1) is 7.13. The molecule has 90 valence electrons. The van der Waals surface area contributed by atoms with Crippen LogP contribution in [0.3, 0.4) is 0 Å². The Labute approximate surface area is 94.7 Å². The van der Waals surface area contributed by atoms with Gasteiger partial charge in [-0.05, 0) is 31.2 Å². The molecule has 2 heteroatoms. The quantitative estimate of drug-likeness (QED) is 0.733. The SMILES string of the molecule is CCN(CC(C)C)CC(O)C1CCCC1. The van der Waals surface area contributed by atoms with E-state index in [0.29, 0.717) is 11.8 Å². The van der Waals surface area contributed by atoms with Crippen LogP contribution < -0.4 is 0 Å². The minimum absolute atomic E-state index is 0.0915. The van der Waals surface area contributed by atoms with Crippen molar-refractivity contribution in [2.24, 2.45) is 11.8 Å². The fourth-order valence-corrected chi connectivity index (χ4v) is 2.60. The molecule has 1 saturated carbocycles. The summed E-state index contributed by atoms with van der Waals surface area (Å²) in [5, 5.41) is 10.1. The second kappa shape index (κ2) is 6.49. The third kappa shape index (κ3) is 4.52. The van der Waals surface area contributed by atoms with Gasteiger partial charge in [-0.1, -0.05) is 33.6 Å². The molecule has 0 aromatic rings. The van der Waals surface area contributed by atoms with Crippen LogP contribution >= 0.6 is 0 Å². The number of nitrogens with zero attached hydrogens (tertiary/aromatic N) is 1. The molecule has 1 fully saturated rings. The Kier molecular flexibility index (Phi) is 5.62. The third-order valence-corrected chi connectivity index (χ3v) is 3.46. The lowest BCUT2D eigenvalue weighted by atomic mass is 10.00. The van der Waals surface area contributed by atoms with Gasteiger partial charge in [-0.3, -0.25) is 0 Å². The first-order valence-electron chi connectivity index (χ1n) is 6.54. The summed E-state index contributed by atoms with van der Waals surface area (Å²) >= 11 is 0. The third-order valence-electron chi connectivity index (χ3n) is 3.46. The zero-order valence-electron chi connectivity index (χ0n) is 10.6. The summed E-state index contributed by atoms with van der Waals surface area (Å²) in [6.45, 7) is 9.71. The summed E-state index contributed by atoms with van der Waals surface area (Å²) in [6.07, 6.45) is 5.02. The van der Waals surface area contributed by atoms with Crippen LogP contribution in [0.15, 0.2) is 0 Å². The highest BCUT2D eigenvalue weighted by Gasteiger charge is 2.24. The molecule has 1 aliphatic rings. The van der Waals surface area contributed by atoms with Crippen molar-refractivity contribution in [2.75, 3.05) is 19.6 Å². The summed E-state index contributed by atoms with van der Waals surface area (Å²) in [6, 6.07) is 0. The first-order valence-corrected chi connectivity index (χ1v) is 6.54. The molecule has 1 atom stereocenters. The van der Waals surface area contributed by atoms with E-state index in [1.165, 1.54) is 25.7 Å². The van der Waals surface area contributed by atoms with Crippen molar-refractivity contribution in [1.82, 2.24) is 4.90 Å². The van der Waals surface area contributed by atoms with Gasteiger partial charge in [0.25, 0.3) is 0 Å². The lowest BCUT2D eigenvalue weighted by molar-refractivity contribution is 0.0635. The predicted octanol–water partition coefficient (Wildman–Crippen LogP) is 2.52. The van der Waals surface area contributed by atoms with Gasteiger partial charge >= 0.3 is 0 Å². The Bertz CT molecular complexity index is 164. The molecule has 1 unspecified atom stereocenters. The second-order valence-electron chi connectivity index (χ2n) is 5.36. The molecule has 0 aromatic heterocycles. The number of rotatable bonds is 6. The summed E-state index contributed by atoms with van der Waals surface area (Å²) in [5.41, 5.74) is 0. The summed E-state index contributed by atoms with van der Waals surface area (Å²) in [5.74, 6) is 1.27. The van der Waals surface area contributed by atoms with E-state index in [1.807, 2.05) is 0 Å². The van der Waals surface area contributed by atoms with E-state index in [4.69, 9.17) is 0 Å². The van der Waals surface area contributed by atoms with Crippen molar-refractivity contribution in [3.8, 4) is 0 Å². The van der Waals surface area contributed by atoms with Gasteiger partial charge in [0.05, 0.1) is 6.10 Å². The fourth-order valence-electron chi connectivity index (χ4n) is 2.60. The number of aliphatic hydroxyl groups excluding tert-OH is 1. The summed E-state index contributed by atoms with van der Waals surface area (Å²) < 4.78 is 0. The number of likely N-dealkylation sites (N-methyl/N-ethyl adjacent to an activating group) is 1. The van der Waals surface area contributed by atoms with Crippen molar-refractivity contribution in [3.63, 3.8) is 0 Å². The van der Waals surface area contributed by atoms with E-state index in [0.717, 1.165) is 19.6 Å². The maximum absolute atomic E-state index is 10.1. The van der Waals surface area contributed by atoms with Gasteiger partial charge in [-0.2, -0.15) is 0 Å². The molecule has 1 N–H and O–H groups in total. The van der Waals surface area contributed by atoms with Crippen molar-refractivity contribution < 1.29 is 5.11 Å². The maximum atomic E-state index is 10.1. The second-order valence-corrected chi connectivity index (χ2v) is 5.36. The fraction of sp³-hybridized carbons (Fsp3) is 1.00. The highest BCUT2D eigenvalue weighted by Crippen LogP contribution is 2.28. The van der Waals surface area contributed by atoms with Crippen LogP contribution in [-0.2, 0) is 0 Å². The summed E-state index contributed by atoms with van der Waals surface area (Å²) in [4.78, 5) is 2.38. The van der Waals surface area contributed by atoms with Crippen molar-refractivity contribution in [2.45, 2.75) is 52.6 Å². The molecule has 0 bridgehead atoms. The molecular weight excluding hydrogens is 186 g/mol. The van der Waals surface area contributed by atoms with Crippen molar-refractivity contribution in [1.29, 1.82) is 0 Å². The minimum Gasteiger partial charge on any atom is -0.392 e. The Hall–Kier alpha value is -0.0800. The highest BCUT2D eigenvalue weighted by atomic mass is 16.3. The van der Waals surface area contributed by atoms with E-state index < -0.39 is 0 Å². The molecule has 1 rings (SSSR count). The topological polar surface area (TPSA) is 23.5 Å². The van der Waals surface area contributed by atoms with Crippen LogP contribution in [-0.4, -0.2) is 35.7 Å². The van der Waals surface area contributed by atoms with E-state index >= 15 is 0 Å². The lowest BCUT2D eigenvalue weighted by Crippen LogP contribution is -2.37. The number of aliphatic hydroxyl groups is 1. The maximum Gasteiger partial charge on any atom is 0.0695 e. The number of hydrogen-bond acceptors (Lipinski definition) is 2. The molecule has 2 nitrogen and oxygen atoms in total. The predicted molar refractivity (Wildman–Crippen MR) is 64.9 cm³/mol. The van der Waals surface area contributed by atoms with Crippen molar-refractivity contribution >= 4 is 0 Å². The molecule has 0 aliphatic heterocycles. The van der Waals surface area contributed by atoms with Gasteiger partial charge in [-0.25, -0.2) is 0 Å².